The van der Waals surface area contributed by atoms with Crippen LogP contribution in [0.4, 0.5) is 10.5 Å². The molecular formula is C18H20Cl2N2O2. The Kier molecular flexibility index (Phi) is 6.76. The van der Waals surface area contributed by atoms with Crippen LogP contribution in [0.25, 0.3) is 0 Å². The summed E-state index contributed by atoms with van der Waals surface area (Å²) >= 11 is 12.0. The quantitative estimate of drug-likeness (QED) is 0.742. The SMILES string of the molecule is CC(C)Oc1ccccc1NC(=O)NCCc1ccc(Cl)cc1Cl. The van der Waals surface area contributed by atoms with E-state index < -0.39 is 0 Å². The van der Waals surface area contributed by atoms with E-state index in [0.29, 0.717) is 34.4 Å². The molecule has 0 fully saturated rings. The Morgan fingerprint density at radius 3 is 2.62 bits per heavy atom. The van der Waals surface area contributed by atoms with Crippen molar-refractivity contribution >= 4 is 34.9 Å². The summed E-state index contributed by atoms with van der Waals surface area (Å²) in [5.41, 5.74) is 1.57. The number of hydrogen-bond donors (Lipinski definition) is 2. The maximum Gasteiger partial charge on any atom is 0.319 e. The molecule has 2 amide bonds. The number of urea groups is 1. The molecule has 6 heteroatoms. The summed E-state index contributed by atoms with van der Waals surface area (Å²) in [6, 6.07) is 12.4. The lowest BCUT2D eigenvalue weighted by molar-refractivity contribution is 0.241. The average Bonchev–Trinajstić information content (AvgIpc) is 2.51. The van der Waals surface area contributed by atoms with Gasteiger partial charge < -0.3 is 15.4 Å². The normalized spacial score (nSPS) is 10.5. The fourth-order valence-corrected chi connectivity index (χ4v) is 2.63. The van der Waals surface area contributed by atoms with Crippen LogP contribution in [0.1, 0.15) is 19.4 Å². The molecule has 0 atom stereocenters. The maximum absolute atomic E-state index is 12.0. The van der Waals surface area contributed by atoms with E-state index >= 15 is 0 Å². The number of nitrogens with one attached hydrogen (secondary N) is 2. The molecule has 2 aromatic rings. The molecule has 2 rings (SSSR count). The van der Waals surface area contributed by atoms with Gasteiger partial charge in [0, 0.05) is 16.6 Å². The van der Waals surface area contributed by atoms with Gasteiger partial charge in [0.05, 0.1) is 11.8 Å². The number of hydrogen-bond acceptors (Lipinski definition) is 2. The number of carbonyl (C=O) groups excluding carboxylic acids is 1. The number of para-hydroxylation sites is 2. The molecule has 2 aromatic carbocycles. The fraction of sp³-hybridized carbons (Fsp3) is 0.278. The standard InChI is InChI=1S/C18H20Cl2N2O2/c1-12(2)24-17-6-4-3-5-16(17)22-18(23)21-10-9-13-7-8-14(19)11-15(13)20/h3-8,11-12H,9-10H2,1-2H3,(H2,21,22,23). The number of ether oxygens (including phenoxy) is 1. The third-order valence-corrected chi connectivity index (χ3v) is 3.78. The first-order valence-electron chi connectivity index (χ1n) is 7.70. The van der Waals surface area contributed by atoms with Crippen molar-refractivity contribution in [1.29, 1.82) is 0 Å². The molecule has 0 heterocycles. The third-order valence-electron chi connectivity index (χ3n) is 3.19. The van der Waals surface area contributed by atoms with E-state index in [1.807, 2.05) is 38.1 Å². The number of carbonyl (C=O) groups is 1. The third kappa shape index (κ3) is 5.62. The van der Waals surface area contributed by atoms with Gasteiger partial charge in [0.2, 0.25) is 0 Å². The van der Waals surface area contributed by atoms with Crippen molar-refractivity contribution < 1.29 is 9.53 Å². The second kappa shape index (κ2) is 8.81. The van der Waals surface area contributed by atoms with Gasteiger partial charge in [0.25, 0.3) is 0 Å². The molecule has 0 bridgehead atoms. The molecule has 0 aromatic heterocycles. The molecule has 0 aliphatic rings. The van der Waals surface area contributed by atoms with Gasteiger partial charge in [-0.3, -0.25) is 0 Å². The van der Waals surface area contributed by atoms with Gasteiger partial charge >= 0.3 is 6.03 Å². The Morgan fingerprint density at radius 1 is 1.17 bits per heavy atom. The van der Waals surface area contributed by atoms with Crippen molar-refractivity contribution in [2.24, 2.45) is 0 Å². The maximum atomic E-state index is 12.0. The number of benzene rings is 2. The predicted octanol–water partition coefficient (Wildman–Crippen LogP) is 5.14. The summed E-state index contributed by atoms with van der Waals surface area (Å²) < 4.78 is 5.67. The van der Waals surface area contributed by atoms with Crippen molar-refractivity contribution in [1.82, 2.24) is 5.32 Å². The Labute approximate surface area is 152 Å². The van der Waals surface area contributed by atoms with E-state index in [9.17, 15) is 4.79 Å². The van der Waals surface area contributed by atoms with Gasteiger partial charge in [-0.05, 0) is 50.1 Å². The van der Waals surface area contributed by atoms with Gasteiger partial charge in [-0.15, -0.1) is 0 Å². The first-order chi connectivity index (χ1) is 11.5. The Bertz CT molecular complexity index is 705. The van der Waals surface area contributed by atoms with Crippen LogP contribution in [0.5, 0.6) is 5.75 Å². The van der Waals surface area contributed by atoms with Crippen molar-refractivity contribution in [3.8, 4) is 5.75 Å². The van der Waals surface area contributed by atoms with Crippen molar-refractivity contribution in [2.75, 3.05) is 11.9 Å². The number of rotatable bonds is 6. The Hall–Kier alpha value is -1.91. The molecule has 0 saturated carbocycles. The average molecular weight is 367 g/mol. The molecule has 0 radical (unpaired) electrons. The number of anilines is 1. The highest BCUT2D eigenvalue weighted by molar-refractivity contribution is 6.35. The van der Waals surface area contributed by atoms with Gasteiger partial charge in [0.1, 0.15) is 5.75 Å². The summed E-state index contributed by atoms with van der Waals surface area (Å²) in [6.07, 6.45) is 0.649. The molecule has 0 aliphatic carbocycles. The molecule has 24 heavy (non-hydrogen) atoms. The smallest absolute Gasteiger partial charge is 0.319 e. The summed E-state index contributed by atoms with van der Waals surface area (Å²) in [5, 5.41) is 6.79. The summed E-state index contributed by atoms with van der Waals surface area (Å²) in [4.78, 5) is 12.0. The molecule has 0 aliphatic heterocycles. The predicted molar refractivity (Wildman–Crippen MR) is 99.4 cm³/mol. The summed E-state index contributed by atoms with van der Waals surface area (Å²) in [5.74, 6) is 0.642. The molecule has 2 N–H and O–H groups in total. The van der Waals surface area contributed by atoms with Crippen LogP contribution >= 0.6 is 23.2 Å². The molecule has 0 spiro atoms. The van der Waals surface area contributed by atoms with Crippen LogP contribution in [0.15, 0.2) is 42.5 Å². The topological polar surface area (TPSA) is 50.4 Å². The van der Waals surface area contributed by atoms with Crippen LogP contribution in [0, 0.1) is 0 Å². The summed E-state index contributed by atoms with van der Waals surface area (Å²) in [7, 11) is 0. The van der Waals surface area contributed by atoms with Crippen molar-refractivity contribution in [3.63, 3.8) is 0 Å². The van der Waals surface area contributed by atoms with Crippen molar-refractivity contribution in [2.45, 2.75) is 26.4 Å². The van der Waals surface area contributed by atoms with Gasteiger partial charge in [-0.1, -0.05) is 41.4 Å². The van der Waals surface area contributed by atoms with E-state index in [1.165, 1.54) is 0 Å². The molecular weight excluding hydrogens is 347 g/mol. The van der Waals surface area contributed by atoms with E-state index in [0.717, 1.165) is 5.56 Å². The lowest BCUT2D eigenvalue weighted by Gasteiger charge is -2.15. The van der Waals surface area contributed by atoms with Gasteiger partial charge in [0.15, 0.2) is 0 Å². The monoisotopic (exact) mass is 366 g/mol. The molecule has 0 unspecified atom stereocenters. The van der Waals surface area contributed by atoms with E-state index in [2.05, 4.69) is 10.6 Å². The number of amides is 2. The molecule has 128 valence electrons. The van der Waals surface area contributed by atoms with Gasteiger partial charge in [-0.2, -0.15) is 0 Å². The largest absolute Gasteiger partial charge is 0.489 e. The Morgan fingerprint density at radius 2 is 1.92 bits per heavy atom. The fourth-order valence-electron chi connectivity index (χ4n) is 2.13. The first-order valence-corrected chi connectivity index (χ1v) is 8.46. The van der Waals surface area contributed by atoms with E-state index in [-0.39, 0.29) is 12.1 Å². The highest BCUT2D eigenvalue weighted by Gasteiger charge is 2.09. The lowest BCUT2D eigenvalue weighted by atomic mass is 10.1. The number of halogens is 2. The minimum Gasteiger partial charge on any atom is -0.489 e. The van der Waals surface area contributed by atoms with E-state index in [4.69, 9.17) is 27.9 Å². The van der Waals surface area contributed by atoms with Crippen LogP contribution in [0.2, 0.25) is 10.0 Å². The van der Waals surface area contributed by atoms with Crippen molar-refractivity contribution in [3.05, 3.63) is 58.1 Å². The first kappa shape index (κ1) is 18.4. The van der Waals surface area contributed by atoms with E-state index in [1.54, 1.807) is 18.2 Å². The van der Waals surface area contributed by atoms with Gasteiger partial charge in [-0.25, -0.2) is 4.79 Å². The highest BCUT2D eigenvalue weighted by atomic mass is 35.5. The second-order valence-electron chi connectivity index (χ2n) is 5.53. The zero-order valence-electron chi connectivity index (χ0n) is 13.6. The highest BCUT2D eigenvalue weighted by Crippen LogP contribution is 2.24. The molecule has 4 nitrogen and oxygen atoms in total. The minimum absolute atomic E-state index is 0.0306. The second-order valence-corrected chi connectivity index (χ2v) is 6.37. The van der Waals surface area contributed by atoms with Crippen LogP contribution in [-0.2, 0) is 6.42 Å². The lowest BCUT2D eigenvalue weighted by Crippen LogP contribution is -2.30. The molecule has 0 saturated heterocycles. The van der Waals surface area contributed by atoms with Crippen LogP contribution < -0.4 is 15.4 Å². The Balaban J connectivity index is 1.87. The minimum atomic E-state index is -0.292. The summed E-state index contributed by atoms with van der Waals surface area (Å²) in [6.45, 7) is 4.33. The zero-order chi connectivity index (χ0) is 17.5. The van der Waals surface area contributed by atoms with Crippen LogP contribution in [0.3, 0.4) is 0 Å². The zero-order valence-corrected chi connectivity index (χ0v) is 15.1. The van der Waals surface area contributed by atoms with Crippen LogP contribution in [-0.4, -0.2) is 18.7 Å².